The number of carbonyl (C=O) groups is 2. The monoisotopic (exact) mass is 478 g/mol. The average molecular weight is 479 g/mol. The number of hydrogen-bond donors (Lipinski definition) is 1. The molecular formula is C25H42N2O5Si. The largest absolute Gasteiger partial charge is 0.459 e. The Morgan fingerprint density at radius 2 is 1.73 bits per heavy atom. The van der Waals surface area contributed by atoms with Crippen molar-refractivity contribution in [3.63, 3.8) is 0 Å². The van der Waals surface area contributed by atoms with Crippen LogP contribution >= 0.6 is 0 Å². The van der Waals surface area contributed by atoms with Crippen molar-refractivity contribution in [2.24, 2.45) is 0 Å². The summed E-state index contributed by atoms with van der Waals surface area (Å²) in [6.45, 7) is 17.8. The fraction of sp³-hybridized carbons (Fsp3) is 0.680. The lowest BCUT2D eigenvalue weighted by Crippen LogP contribution is -2.59. The van der Waals surface area contributed by atoms with Crippen LogP contribution in [0.4, 0.5) is 4.79 Å². The summed E-state index contributed by atoms with van der Waals surface area (Å²) in [5.74, 6) is -0.293. The highest BCUT2D eigenvalue weighted by atomic mass is 28.4. The Labute approximate surface area is 200 Å². The topological polar surface area (TPSA) is 77.1 Å². The molecule has 1 fully saturated rings. The number of nitrogens with one attached hydrogen (secondary N) is 1. The van der Waals surface area contributed by atoms with Gasteiger partial charge < -0.3 is 24.1 Å². The maximum absolute atomic E-state index is 12.8. The Balaban J connectivity index is 2.04. The molecule has 0 aliphatic carbocycles. The summed E-state index contributed by atoms with van der Waals surface area (Å²) < 4.78 is 17.7. The number of amides is 1. The first-order chi connectivity index (χ1) is 15.2. The van der Waals surface area contributed by atoms with Gasteiger partial charge in [0.1, 0.15) is 12.2 Å². The van der Waals surface area contributed by atoms with Crippen LogP contribution in [0.1, 0.15) is 53.5 Å². The molecule has 0 bridgehead atoms. The van der Waals surface area contributed by atoms with E-state index >= 15 is 0 Å². The Bertz CT molecular complexity index is 786. The van der Waals surface area contributed by atoms with Crippen molar-refractivity contribution in [2.45, 2.75) is 90.4 Å². The summed E-state index contributed by atoms with van der Waals surface area (Å²) in [6, 6.07) is 9.60. The molecule has 1 N–H and O–H groups in total. The maximum atomic E-state index is 12.8. The summed E-state index contributed by atoms with van der Waals surface area (Å²) in [5.41, 5.74) is 0.427. The normalized spacial score (nSPS) is 19.8. The lowest BCUT2D eigenvalue weighted by molar-refractivity contribution is -0.154. The van der Waals surface area contributed by atoms with Crippen LogP contribution in [0.15, 0.2) is 30.3 Å². The highest BCUT2D eigenvalue weighted by molar-refractivity contribution is 6.74. The highest BCUT2D eigenvalue weighted by Crippen LogP contribution is 2.38. The van der Waals surface area contributed by atoms with Crippen molar-refractivity contribution in [3.8, 4) is 0 Å². The summed E-state index contributed by atoms with van der Waals surface area (Å²) in [4.78, 5) is 26.7. The van der Waals surface area contributed by atoms with Gasteiger partial charge in [-0.15, -0.1) is 0 Å². The van der Waals surface area contributed by atoms with Crippen molar-refractivity contribution in [1.29, 1.82) is 0 Å². The smallest absolute Gasteiger partial charge is 0.410 e. The number of ether oxygens (including phenoxy) is 2. The van der Waals surface area contributed by atoms with Gasteiger partial charge in [-0.1, -0.05) is 51.1 Å². The minimum absolute atomic E-state index is 0.0266. The maximum Gasteiger partial charge on any atom is 0.410 e. The van der Waals surface area contributed by atoms with Crippen LogP contribution in [0.25, 0.3) is 0 Å². The quantitative estimate of drug-likeness (QED) is 0.451. The minimum atomic E-state index is -2.10. The second-order valence-corrected chi connectivity index (χ2v) is 16.0. The molecule has 7 nitrogen and oxygen atoms in total. The molecule has 2 rings (SSSR count). The van der Waals surface area contributed by atoms with E-state index in [0.717, 1.165) is 5.56 Å². The second kappa shape index (κ2) is 11.0. The van der Waals surface area contributed by atoms with Crippen LogP contribution in [-0.4, -0.2) is 62.7 Å². The van der Waals surface area contributed by atoms with E-state index in [4.69, 9.17) is 13.9 Å². The summed E-state index contributed by atoms with van der Waals surface area (Å²) >= 11 is 0. The van der Waals surface area contributed by atoms with E-state index < -0.39 is 13.9 Å². The van der Waals surface area contributed by atoms with E-state index in [1.807, 2.05) is 51.1 Å². The summed E-state index contributed by atoms with van der Waals surface area (Å²) in [5, 5.41) is 3.36. The number of nitrogens with zero attached hydrogens (tertiary/aromatic N) is 1. The predicted molar refractivity (Wildman–Crippen MR) is 133 cm³/mol. The molecule has 1 saturated heterocycles. The number of rotatable bonds is 7. The molecule has 1 aromatic rings. The molecule has 186 valence electrons. The predicted octanol–water partition coefficient (Wildman–Crippen LogP) is 4.72. The number of esters is 1. The van der Waals surface area contributed by atoms with E-state index in [-0.39, 0.29) is 42.4 Å². The molecular weight excluding hydrogens is 436 g/mol. The second-order valence-electron chi connectivity index (χ2n) is 11.3. The molecule has 1 aromatic carbocycles. The van der Waals surface area contributed by atoms with Crippen molar-refractivity contribution in [3.05, 3.63) is 35.9 Å². The number of hydrogen-bond acceptors (Lipinski definition) is 6. The Morgan fingerprint density at radius 3 is 2.30 bits per heavy atom. The van der Waals surface area contributed by atoms with Crippen molar-refractivity contribution < 1.29 is 23.5 Å². The van der Waals surface area contributed by atoms with E-state index in [1.54, 1.807) is 4.90 Å². The van der Waals surface area contributed by atoms with E-state index in [9.17, 15) is 9.59 Å². The first-order valence-corrected chi connectivity index (χ1v) is 14.7. The van der Waals surface area contributed by atoms with Gasteiger partial charge in [0.15, 0.2) is 8.32 Å². The first-order valence-electron chi connectivity index (χ1n) is 11.8. The fourth-order valence-electron chi connectivity index (χ4n) is 3.39. The third-order valence-corrected chi connectivity index (χ3v) is 10.7. The van der Waals surface area contributed by atoms with E-state index in [2.05, 4.69) is 39.2 Å². The van der Waals surface area contributed by atoms with Gasteiger partial charge >= 0.3 is 12.1 Å². The highest BCUT2D eigenvalue weighted by Gasteiger charge is 2.43. The third-order valence-electron chi connectivity index (χ3n) is 6.20. The molecule has 1 aliphatic heterocycles. The summed E-state index contributed by atoms with van der Waals surface area (Å²) in [7, 11) is -2.10. The third kappa shape index (κ3) is 8.75. The van der Waals surface area contributed by atoms with Crippen LogP contribution in [0.2, 0.25) is 18.1 Å². The van der Waals surface area contributed by atoms with Gasteiger partial charge in [-0.2, -0.15) is 0 Å². The Morgan fingerprint density at radius 1 is 1.09 bits per heavy atom. The molecule has 1 amide bonds. The minimum Gasteiger partial charge on any atom is -0.459 e. The average Bonchev–Trinajstić information content (AvgIpc) is 2.69. The van der Waals surface area contributed by atoms with Crippen LogP contribution in [0, 0.1) is 0 Å². The lowest BCUT2D eigenvalue weighted by atomic mass is 10.0. The van der Waals surface area contributed by atoms with Gasteiger partial charge in [-0.25, -0.2) is 4.79 Å². The number of benzene rings is 1. The van der Waals surface area contributed by atoms with Gasteiger partial charge in [-0.05, 0) is 50.9 Å². The fourth-order valence-corrected chi connectivity index (χ4v) is 4.74. The molecule has 0 saturated carbocycles. The van der Waals surface area contributed by atoms with Crippen LogP contribution in [0.3, 0.4) is 0 Å². The zero-order valence-electron chi connectivity index (χ0n) is 21.6. The lowest BCUT2D eigenvalue weighted by Gasteiger charge is -2.45. The van der Waals surface area contributed by atoms with E-state index in [0.29, 0.717) is 19.5 Å². The Hall–Kier alpha value is -1.90. The SMILES string of the molecule is CC(C)(C)OC(=O)CNC1CCN(C(=O)OCc2ccccc2)CC1O[Si](C)(C)C(C)(C)C. The van der Waals surface area contributed by atoms with Gasteiger partial charge in [0.05, 0.1) is 19.2 Å². The molecule has 2 atom stereocenters. The van der Waals surface area contributed by atoms with Gasteiger partial charge in [0, 0.05) is 12.6 Å². The Kier molecular flexibility index (Phi) is 9.13. The zero-order chi connectivity index (χ0) is 24.9. The number of likely N-dealkylation sites (tertiary alicyclic amines) is 1. The van der Waals surface area contributed by atoms with Gasteiger partial charge in [0.25, 0.3) is 0 Å². The zero-order valence-corrected chi connectivity index (χ0v) is 22.6. The van der Waals surface area contributed by atoms with Gasteiger partial charge in [0.2, 0.25) is 0 Å². The van der Waals surface area contributed by atoms with Crippen LogP contribution in [0.5, 0.6) is 0 Å². The first kappa shape index (κ1) is 27.3. The van der Waals surface area contributed by atoms with Crippen molar-refractivity contribution >= 4 is 20.4 Å². The van der Waals surface area contributed by atoms with E-state index in [1.165, 1.54) is 0 Å². The molecule has 0 spiro atoms. The molecule has 8 heteroatoms. The molecule has 0 aromatic heterocycles. The molecule has 2 unspecified atom stereocenters. The molecule has 1 heterocycles. The molecule has 1 aliphatic rings. The van der Waals surface area contributed by atoms with Gasteiger partial charge in [-0.3, -0.25) is 4.79 Å². The molecule has 33 heavy (non-hydrogen) atoms. The van der Waals surface area contributed by atoms with Crippen molar-refractivity contribution in [2.75, 3.05) is 19.6 Å². The van der Waals surface area contributed by atoms with Crippen LogP contribution in [-0.2, 0) is 25.3 Å². The summed E-state index contributed by atoms with van der Waals surface area (Å²) in [6.07, 6.45) is 0.0994. The van der Waals surface area contributed by atoms with Crippen LogP contribution < -0.4 is 5.32 Å². The van der Waals surface area contributed by atoms with Crippen molar-refractivity contribution in [1.82, 2.24) is 10.2 Å². The standard InChI is InChI=1S/C25H42N2O5Si/c1-24(2,3)31-22(28)16-26-20-14-15-27(17-21(20)32-33(7,8)25(4,5)6)23(29)30-18-19-12-10-9-11-13-19/h9-13,20-21,26H,14-18H2,1-8H3. The number of piperidine rings is 1. The molecule has 0 radical (unpaired) electrons. The number of carbonyl (C=O) groups excluding carboxylic acids is 2.